The molecule has 1 aliphatic rings. The van der Waals surface area contributed by atoms with Crippen LogP contribution in [-0.4, -0.2) is 49.3 Å². The summed E-state index contributed by atoms with van der Waals surface area (Å²) in [4.78, 5) is 20.2. The smallest absolute Gasteiger partial charge is 0.252 e. The van der Waals surface area contributed by atoms with Crippen molar-refractivity contribution in [3.05, 3.63) is 190 Å². The van der Waals surface area contributed by atoms with Gasteiger partial charge in [-0.3, -0.25) is 4.79 Å². The van der Waals surface area contributed by atoms with Crippen LogP contribution < -0.4 is 24.3 Å². The van der Waals surface area contributed by atoms with Crippen LogP contribution in [0.1, 0.15) is 45.9 Å². The van der Waals surface area contributed by atoms with Gasteiger partial charge in [-0.25, -0.2) is 4.99 Å². The van der Waals surface area contributed by atoms with Crippen LogP contribution in [0.2, 0.25) is 0 Å². The van der Waals surface area contributed by atoms with Crippen LogP contribution in [0.5, 0.6) is 23.0 Å². The predicted molar refractivity (Wildman–Crippen MR) is 232 cm³/mol. The van der Waals surface area contributed by atoms with Crippen molar-refractivity contribution in [3.8, 4) is 23.0 Å². The van der Waals surface area contributed by atoms with Crippen LogP contribution in [0.15, 0.2) is 161 Å². The van der Waals surface area contributed by atoms with Gasteiger partial charge < -0.3 is 34.1 Å². The number of hydrogen-bond acceptors (Lipinski definition) is 8. The van der Waals surface area contributed by atoms with Crippen molar-refractivity contribution >= 4 is 27.7 Å². The lowest BCUT2D eigenvalue weighted by Gasteiger charge is -2.31. The van der Waals surface area contributed by atoms with Crippen molar-refractivity contribution in [2.75, 3.05) is 26.9 Å². The molecule has 0 spiro atoms. The summed E-state index contributed by atoms with van der Waals surface area (Å²) in [5, 5.41) is 12.4. The van der Waals surface area contributed by atoms with E-state index in [0.29, 0.717) is 73.7 Å². The summed E-state index contributed by atoms with van der Waals surface area (Å²) in [6.07, 6.45) is 0.513. The molecule has 0 unspecified atom stereocenters. The second kappa shape index (κ2) is 20.0. The molecule has 1 amide bonds. The van der Waals surface area contributed by atoms with Crippen molar-refractivity contribution < 1.29 is 33.6 Å². The van der Waals surface area contributed by atoms with Crippen molar-refractivity contribution in [2.45, 2.75) is 44.1 Å². The largest absolute Gasteiger partial charge is 0.497 e. The summed E-state index contributed by atoms with van der Waals surface area (Å²) in [7, 11) is 1.61. The molecule has 0 saturated carbocycles. The van der Waals surface area contributed by atoms with Crippen LogP contribution in [0.25, 0.3) is 0 Å². The number of halogens is 1. The van der Waals surface area contributed by atoms with E-state index < -0.39 is 11.6 Å². The maximum atomic E-state index is 15.0. The number of rotatable bonds is 19. The van der Waals surface area contributed by atoms with Crippen LogP contribution in [0.3, 0.4) is 0 Å². The van der Waals surface area contributed by atoms with Gasteiger partial charge in [0.1, 0.15) is 24.7 Å². The Kier molecular flexibility index (Phi) is 14.0. The van der Waals surface area contributed by atoms with Gasteiger partial charge in [0.25, 0.3) is 5.91 Å². The quantitative estimate of drug-likeness (QED) is 0.0783. The van der Waals surface area contributed by atoms with Gasteiger partial charge in [0.05, 0.1) is 13.7 Å². The molecule has 7 rings (SSSR count). The Morgan fingerprint density at radius 2 is 1.44 bits per heavy atom. The molecule has 0 aliphatic carbocycles. The Hall–Kier alpha value is -6.10. The number of methoxy groups -OCH3 is 1. The number of carbonyl (C=O) groups is 1. The highest BCUT2D eigenvalue weighted by Crippen LogP contribution is 2.44. The number of hydrogen-bond donors (Lipinski definition) is 2. The van der Waals surface area contributed by atoms with Gasteiger partial charge in [-0.2, -0.15) is 0 Å². The molecule has 0 radical (unpaired) electrons. The van der Waals surface area contributed by atoms with E-state index in [1.54, 1.807) is 7.11 Å². The first-order valence-corrected chi connectivity index (χ1v) is 20.5. The number of carbonyl (C=O) groups excluding carboxylic acids is 1. The fourth-order valence-electron chi connectivity index (χ4n) is 6.90. The molecule has 6 aromatic rings. The van der Waals surface area contributed by atoms with Crippen LogP contribution in [-0.2, 0) is 35.6 Å². The molecule has 2 atom stereocenters. The van der Waals surface area contributed by atoms with Crippen molar-refractivity contribution in [1.82, 2.24) is 5.32 Å². The van der Waals surface area contributed by atoms with E-state index >= 15 is 0 Å². The number of benzene rings is 6. The summed E-state index contributed by atoms with van der Waals surface area (Å²) in [5.41, 5.74) is 4.02. The highest BCUT2D eigenvalue weighted by Gasteiger charge is 2.53. The summed E-state index contributed by atoms with van der Waals surface area (Å²) in [6, 6.07) is 48.8. The van der Waals surface area contributed by atoms with Gasteiger partial charge in [-0.1, -0.05) is 113 Å². The van der Waals surface area contributed by atoms with Crippen LogP contribution >= 0.6 is 15.9 Å². The maximum Gasteiger partial charge on any atom is 0.252 e. The van der Waals surface area contributed by atoms with E-state index in [4.69, 9.17) is 28.7 Å². The van der Waals surface area contributed by atoms with Crippen LogP contribution in [0, 0.1) is 0 Å². The summed E-state index contributed by atoms with van der Waals surface area (Å²) < 4.78 is 31.6. The third-order valence-electron chi connectivity index (χ3n) is 10.0. The normalized spacial score (nSPS) is 15.8. The second-order valence-electron chi connectivity index (χ2n) is 14.2. The van der Waals surface area contributed by atoms with Crippen molar-refractivity contribution in [3.63, 3.8) is 0 Å². The van der Waals surface area contributed by atoms with Gasteiger partial charge in [0.2, 0.25) is 5.90 Å². The van der Waals surface area contributed by atoms with E-state index in [1.807, 2.05) is 152 Å². The Morgan fingerprint density at radius 1 is 0.746 bits per heavy atom. The fourth-order valence-corrected chi connectivity index (χ4v) is 7.33. The minimum Gasteiger partial charge on any atom is -0.497 e. The minimum absolute atomic E-state index is 0.0523. The zero-order valence-corrected chi connectivity index (χ0v) is 34.5. The zero-order valence-electron chi connectivity index (χ0n) is 32.9. The van der Waals surface area contributed by atoms with E-state index in [1.165, 1.54) is 0 Å². The Morgan fingerprint density at radius 3 is 2.14 bits per heavy atom. The molecule has 2 N–H and O–H groups in total. The molecule has 10 heteroatoms. The Balaban J connectivity index is 1.17. The average molecular weight is 856 g/mol. The Bertz CT molecular complexity index is 2320. The summed E-state index contributed by atoms with van der Waals surface area (Å²) >= 11 is 3.72. The molecule has 6 aromatic carbocycles. The lowest BCUT2D eigenvalue weighted by atomic mass is 9.82. The fraction of sp³-hybridized carbons (Fsp3) is 0.224. The highest BCUT2D eigenvalue weighted by atomic mass is 79.9. The number of aliphatic imine (C=N–C) groups is 1. The van der Waals surface area contributed by atoms with Gasteiger partial charge in [0.15, 0.2) is 23.1 Å². The summed E-state index contributed by atoms with van der Waals surface area (Å²) in [6.45, 7) is 1.56. The average Bonchev–Trinajstić information content (AvgIpc) is 3.67. The molecule has 1 aliphatic heterocycles. The first-order valence-electron chi connectivity index (χ1n) is 19.7. The first kappa shape index (κ1) is 41.1. The number of aliphatic hydroxyl groups is 1. The number of aliphatic hydroxyl groups excluding tert-OH is 1. The van der Waals surface area contributed by atoms with Crippen molar-refractivity contribution in [1.29, 1.82) is 0 Å². The molecular weight excluding hydrogens is 808 g/mol. The van der Waals surface area contributed by atoms with Gasteiger partial charge in [-0.05, 0) is 88.8 Å². The SMILES string of the molecule is COc1cccc([C@H]2OC(c3ccc(OCCCO)cc3)=N[C@@]2(Cc2ccccc2Br)C(=O)NCCc2ccc(OCc3ccccc3)c(OCc3ccccc3)c2)c1. The van der Waals surface area contributed by atoms with E-state index in [-0.39, 0.29) is 18.9 Å². The van der Waals surface area contributed by atoms with E-state index in [2.05, 4.69) is 21.2 Å². The Labute approximate surface area is 353 Å². The third kappa shape index (κ3) is 10.5. The molecular formula is C49H47BrN2O7. The van der Waals surface area contributed by atoms with Crippen LogP contribution in [0.4, 0.5) is 0 Å². The standard InChI is InChI=1S/C49H47BrN2O7/c1-55-42-18-10-17-39(31-42)46-49(32-40-16-8-9-19-43(40)50,52-47(59-46)38-21-23-41(24-22-38)56-29-11-28-53)48(54)51-27-26-35-20-25-44(57-33-36-12-4-2-5-13-36)45(30-35)58-34-37-14-6-3-7-15-37/h2-10,12-25,30-31,46,53H,11,26-29,32-34H2,1H3,(H,51,54)/t46-,49-/m1/s1. The number of ether oxygens (including phenoxy) is 5. The van der Waals surface area contributed by atoms with Gasteiger partial charge in [-0.15, -0.1) is 0 Å². The lowest BCUT2D eigenvalue weighted by Crippen LogP contribution is -2.50. The highest BCUT2D eigenvalue weighted by molar-refractivity contribution is 9.10. The van der Waals surface area contributed by atoms with Gasteiger partial charge in [0, 0.05) is 36.0 Å². The molecule has 0 aromatic heterocycles. The van der Waals surface area contributed by atoms with E-state index in [9.17, 15) is 9.90 Å². The molecule has 1 heterocycles. The monoisotopic (exact) mass is 854 g/mol. The molecule has 302 valence electrons. The second-order valence-corrected chi connectivity index (χ2v) is 15.0. The molecule has 59 heavy (non-hydrogen) atoms. The van der Waals surface area contributed by atoms with E-state index in [0.717, 1.165) is 32.3 Å². The maximum absolute atomic E-state index is 15.0. The predicted octanol–water partition coefficient (Wildman–Crippen LogP) is 9.24. The minimum atomic E-state index is -1.40. The summed E-state index contributed by atoms with van der Waals surface area (Å²) in [5.74, 6) is 2.63. The van der Waals surface area contributed by atoms with Crippen molar-refractivity contribution in [2.24, 2.45) is 4.99 Å². The zero-order chi connectivity index (χ0) is 40.9. The lowest BCUT2D eigenvalue weighted by molar-refractivity contribution is -0.128. The molecule has 0 saturated heterocycles. The topological polar surface area (TPSA) is 108 Å². The molecule has 0 bridgehead atoms. The molecule has 0 fully saturated rings. The number of nitrogens with one attached hydrogen (secondary N) is 1. The first-order chi connectivity index (χ1) is 28.9. The number of nitrogens with zero attached hydrogens (tertiary/aromatic N) is 1. The van der Waals surface area contributed by atoms with Gasteiger partial charge >= 0.3 is 0 Å². The number of amides is 1. The third-order valence-corrected chi connectivity index (χ3v) is 10.8. The molecule has 9 nitrogen and oxygen atoms in total.